The van der Waals surface area contributed by atoms with Gasteiger partial charge in [-0.25, -0.2) is 4.98 Å². The molecule has 0 atom stereocenters. The number of benzene rings is 3. The largest absolute Gasteiger partial charge is 0.456 e. The SMILES string of the molecule is O=[N+]([O-])c1cccc2nc3ccccc3c(Oc3ccccc3)c12. The minimum Gasteiger partial charge on any atom is -0.456 e. The second kappa shape index (κ2) is 5.62. The van der Waals surface area contributed by atoms with Crippen molar-refractivity contribution < 1.29 is 9.66 Å². The predicted octanol–water partition coefficient (Wildman–Crippen LogP) is 5.09. The summed E-state index contributed by atoms with van der Waals surface area (Å²) >= 11 is 0. The fourth-order valence-corrected chi connectivity index (χ4v) is 2.75. The zero-order valence-corrected chi connectivity index (χ0v) is 12.5. The quantitative estimate of drug-likeness (QED) is 0.300. The van der Waals surface area contributed by atoms with Crippen molar-refractivity contribution in [3.8, 4) is 11.5 Å². The van der Waals surface area contributed by atoms with Crippen molar-refractivity contribution in [3.63, 3.8) is 0 Å². The van der Waals surface area contributed by atoms with Crippen LogP contribution < -0.4 is 4.74 Å². The van der Waals surface area contributed by atoms with Crippen molar-refractivity contribution in [2.45, 2.75) is 0 Å². The second-order valence-corrected chi connectivity index (χ2v) is 5.30. The van der Waals surface area contributed by atoms with Gasteiger partial charge in [-0.2, -0.15) is 0 Å². The first-order chi connectivity index (χ1) is 11.7. The molecule has 0 aliphatic rings. The third kappa shape index (κ3) is 2.32. The molecule has 0 saturated heterocycles. The predicted molar refractivity (Wildman–Crippen MR) is 92.4 cm³/mol. The van der Waals surface area contributed by atoms with E-state index in [1.165, 1.54) is 6.07 Å². The molecule has 0 aliphatic carbocycles. The number of nitrogens with zero attached hydrogens (tertiary/aromatic N) is 2. The summed E-state index contributed by atoms with van der Waals surface area (Å²) in [5.74, 6) is 1.07. The third-order valence-corrected chi connectivity index (χ3v) is 3.80. The zero-order valence-electron chi connectivity index (χ0n) is 12.5. The molecule has 0 aliphatic heterocycles. The van der Waals surface area contributed by atoms with Crippen LogP contribution in [0.3, 0.4) is 0 Å². The molecule has 24 heavy (non-hydrogen) atoms. The Hall–Kier alpha value is -3.47. The first kappa shape index (κ1) is 14.1. The summed E-state index contributed by atoms with van der Waals surface area (Å²) in [6.07, 6.45) is 0. The van der Waals surface area contributed by atoms with Crippen LogP contribution in [0.2, 0.25) is 0 Å². The molecule has 0 spiro atoms. The van der Waals surface area contributed by atoms with Crippen LogP contribution in [0.5, 0.6) is 11.5 Å². The number of rotatable bonds is 3. The number of non-ortho nitro benzene ring substituents is 1. The van der Waals surface area contributed by atoms with Gasteiger partial charge >= 0.3 is 0 Å². The maximum atomic E-state index is 11.5. The van der Waals surface area contributed by atoms with Crippen LogP contribution >= 0.6 is 0 Å². The lowest BCUT2D eigenvalue weighted by molar-refractivity contribution is -0.383. The van der Waals surface area contributed by atoms with Crippen molar-refractivity contribution in [2.75, 3.05) is 0 Å². The van der Waals surface area contributed by atoms with Crippen LogP contribution in [0.1, 0.15) is 0 Å². The van der Waals surface area contributed by atoms with Crippen LogP contribution in [0.4, 0.5) is 5.69 Å². The van der Waals surface area contributed by atoms with Crippen molar-refractivity contribution >= 4 is 27.5 Å². The highest BCUT2D eigenvalue weighted by molar-refractivity contribution is 6.05. The van der Waals surface area contributed by atoms with Crippen molar-refractivity contribution in [1.82, 2.24) is 4.98 Å². The van der Waals surface area contributed by atoms with Gasteiger partial charge in [-0.1, -0.05) is 36.4 Å². The van der Waals surface area contributed by atoms with Gasteiger partial charge in [0.05, 0.1) is 16.0 Å². The molecule has 1 heterocycles. The molecular formula is C19H12N2O3. The van der Waals surface area contributed by atoms with Gasteiger partial charge in [0.2, 0.25) is 0 Å². The first-order valence-electron chi connectivity index (χ1n) is 7.43. The molecule has 116 valence electrons. The minimum atomic E-state index is -0.406. The number of hydrogen-bond donors (Lipinski definition) is 0. The van der Waals surface area contributed by atoms with Gasteiger partial charge in [-0.3, -0.25) is 10.1 Å². The van der Waals surface area contributed by atoms with E-state index < -0.39 is 4.92 Å². The zero-order chi connectivity index (χ0) is 16.5. The van der Waals surface area contributed by atoms with E-state index in [0.29, 0.717) is 22.4 Å². The van der Waals surface area contributed by atoms with Crippen molar-refractivity contribution in [1.29, 1.82) is 0 Å². The minimum absolute atomic E-state index is 0.0170. The van der Waals surface area contributed by atoms with Crippen LogP contribution in [-0.2, 0) is 0 Å². The lowest BCUT2D eigenvalue weighted by Gasteiger charge is -2.12. The molecule has 4 aromatic rings. The van der Waals surface area contributed by atoms with E-state index in [0.717, 1.165) is 10.9 Å². The number of ether oxygens (including phenoxy) is 1. The Bertz CT molecular complexity index is 1060. The summed E-state index contributed by atoms with van der Waals surface area (Å²) in [5, 5.41) is 12.6. The number of nitro benzene ring substituents is 1. The highest BCUT2D eigenvalue weighted by atomic mass is 16.6. The molecule has 4 rings (SSSR count). The Morgan fingerprint density at radius 3 is 2.33 bits per heavy atom. The van der Waals surface area contributed by atoms with E-state index in [-0.39, 0.29) is 5.69 Å². The summed E-state index contributed by atoms with van der Waals surface area (Å²) in [6, 6.07) is 21.6. The number of pyridine rings is 1. The van der Waals surface area contributed by atoms with Crippen LogP contribution in [0.15, 0.2) is 72.8 Å². The molecular weight excluding hydrogens is 304 g/mol. The summed E-state index contributed by atoms with van der Waals surface area (Å²) in [4.78, 5) is 15.6. The van der Waals surface area contributed by atoms with Crippen molar-refractivity contribution in [2.24, 2.45) is 0 Å². The van der Waals surface area contributed by atoms with E-state index in [1.807, 2.05) is 54.6 Å². The first-order valence-corrected chi connectivity index (χ1v) is 7.43. The standard InChI is InChI=1S/C19H12N2O3/c22-21(23)17-12-6-11-16-18(17)19(24-13-7-2-1-3-8-13)14-9-4-5-10-15(14)20-16/h1-12H. The Morgan fingerprint density at radius 1 is 0.833 bits per heavy atom. The van der Waals surface area contributed by atoms with E-state index in [4.69, 9.17) is 4.74 Å². The number of aromatic nitrogens is 1. The van der Waals surface area contributed by atoms with Crippen LogP contribution in [0, 0.1) is 10.1 Å². The molecule has 5 nitrogen and oxygen atoms in total. The molecule has 0 radical (unpaired) electrons. The monoisotopic (exact) mass is 316 g/mol. The van der Waals surface area contributed by atoms with Gasteiger partial charge in [0.25, 0.3) is 5.69 Å². The molecule has 0 bridgehead atoms. The number of hydrogen-bond acceptors (Lipinski definition) is 4. The maximum absolute atomic E-state index is 11.5. The van der Waals surface area contributed by atoms with E-state index in [1.54, 1.807) is 12.1 Å². The number of para-hydroxylation sites is 2. The Labute approximate surface area is 137 Å². The van der Waals surface area contributed by atoms with E-state index >= 15 is 0 Å². The van der Waals surface area contributed by atoms with Gasteiger partial charge in [0.1, 0.15) is 11.1 Å². The van der Waals surface area contributed by atoms with Gasteiger partial charge in [-0.05, 0) is 30.3 Å². The normalized spacial score (nSPS) is 10.8. The van der Waals surface area contributed by atoms with E-state index in [2.05, 4.69) is 4.98 Å². The van der Waals surface area contributed by atoms with Gasteiger partial charge in [0, 0.05) is 11.5 Å². The fraction of sp³-hybridized carbons (Fsp3) is 0. The van der Waals surface area contributed by atoms with Crippen molar-refractivity contribution in [3.05, 3.63) is 82.9 Å². The number of fused-ring (bicyclic) bond motifs is 2. The third-order valence-electron chi connectivity index (χ3n) is 3.80. The lowest BCUT2D eigenvalue weighted by Crippen LogP contribution is -1.95. The maximum Gasteiger partial charge on any atom is 0.282 e. The molecule has 0 saturated carbocycles. The average Bonchev–Trinajstić information content (AvgIpc) is 2.61. The molecule has 1 aromatic heterocycles. The summed E-state index contributed by atoms with van der Waals surface area (Å²) in [7, 11) is 0. The average molecular weight is 316 g/mol. The second-order valence-electron chi connectivity index (χ2n) is 5.30. The smallest absolute Gasteiger partial charge is 0.282 e. The highest BCUT2D eigenvalue weighted by Gasteiger charge is 2.20. The molecule has 0 fully saturated rings. The number of nitro groups is 1. The summed E-state index contributed by atoms with van der Waals surface area (Å²) in [5.41, 5.74) is 1.25. The van der Waals surface area contributed by atoms with Crippen LogP contribution in [-0.4, -0.2) is 9.91 Å². The Morgan fingerprint density at radius 2 is 1.54 bits per heavy atom. The molecule has 0 amide bonds. The topological polar surface area (TPSA) is 65.3 Å². The summed E-state index contributed by atoms with van der Waals surface area (Å²) in [6.45, 7) is 0. The van der Waals surface area contributed by atoms with Gasteiger partial charge < -0.3 is 4.74 Å². The summed E-state index contributed by atoms with van der Waals surface area (Å²) < 4.78 is 6.05. The molecule has 0 N–H and O–H groups in total. The molecule has 5 heteroatoms. The van der Waals surface area contributed by atoms with Gasteiger partial charge in [-0.15, -0.1) is 0 Å². The fourth-order valence-electron chi connectivity index (χ4n) is 2.75. The van der Waals surface area contributed by atoms with Gasteiger partial charge in [0.15, 0.2) is 5.75 Å². The van der Waals surface area contributed by atoms with Crippen LogP contribution in [0.25, 0.3) is 21.8 Å². The Kier molecular flexibility index (Phi) is 3.31. The molecule has 3 aromatic carbocycles. The Balaban J connectivity index is 2.10. The lowest BCUT2D eigenvalue weighted by atomic mass is 10.1. The van der Waals surface area contributed by atoms with E-state index in [9.17, 15) is 10.1 Å². The highest BCUT2D eigenvalue weighted by Crippen LogP contribution is 2.40. The molecule has 0 unspecified atom stereocenters.